The van der Waals surface area contributed by atoms with Gasteiger partial charge in [-0.15, -0.1) is 0 Å². The number of benzene rings is 1. The standard InChI is InChI=1S/C19H26N4O/c1-4-5-6-7-12-24-18-10-8-17(9-11-18)14-20-23-19-21-15(2)13-16(3)22-19/h8-11,13-14H,4-7,12H2,1-3H3,(H,21,22,23). The molecule has 1 aromatic carbocycles. The second-order valence-electron chi connectivity index (χ2n) is 5.82. The number of unbranched alkanes of at least 4 members (excludes halogenated alkanes) is 3. The van der Waals surface area contributed by atoms with E-state index in [-0.39, 0.29) is 0 Å². The lowest BCUT2D eigenvalue weighted by Gasteiger charge is -2.06. The molecule has 0 fully saturated rings. The molecule has 5 heteroatoms. The SMILES string of the molecule is CCCCCCOc1ccc(C=NNc2nc(C)cc(C)n2)cc1. The van der Waals surface area contributed by atoms with Crippen LogP contribution in [-0.4, -0.2) is 22.8 Å². The molecule has 5 nitrogen and oxygen atoms in total. The van der Waals surface area contributed by atoms with Crippen molar-refractivity contribution in [2.24, 2.45) is 5.10 Å². The highest BCUT2D eigenvalue weighted by Crippen LogP contribution is 2.12. The van der Waals surface area contributed by atoms with Gasteiger partial charge in [0.05, 0.1) is 12.8 Å². The lowest BCUT2D eigenvalue weighted by atomic mass is 10.2. The van der Waals surface area contributed by atoms with Gasteiger partial charge in [0, 0.05) is 11.4 Å². The van der Waals surface area contributed by atoms with Crippen molar-refractivity contribution in [3.05, 3.63) is 47.3 Å². The van der Waals surface area contributed by atoms with E-state index in [0.717, 1.165) is 35.7 Å². The van der Waals surface area contributed by atoms with Gasteiger partial charge in [0.15, 0.2) is 0 Å². The van der Waals surface area contributed by atoms with Crippen LogP contribution in [0.5, 0.6) is 5.75 Å². The van der Waals surface area contributed by atoms with Crippen LogP contribution in [0.3, 0.4) is 0 Å². The van der Waals surface area contributed by atoms with Gasteiger partial charge in [0.2, 0.25) is 5.95 Å². The topological polar surface area (TPSA) is 59.4 Å². The molecule has 24 heavy (non-hydrogen) atoms. The summed E-state index contributed by atoms with van der Waals surface area (Å²) in [6, 6.07) is 9.82. The zero-order valence-corrected chi connectivity index (χ0v) is 14.7. The molecular weight excluding hydrogens is 300 g/mol. The van der Waals surface area contributed by atoms with Crippen molar-refractivity contribution in [2.45, 2.75) is 46.5 Å². The Kier molecular flexibility index (Phi) is 7.21. The number of hydrogen-bond donors (Lipinski definition) is 1. The summed E-state index contributed by atoms with van der Waals surface area (Å²) < 4.78 is 5.73. The number of aryl methyl sites for hydroxylation is 2. The van der Waals surface area contributed by atoms with Crippen LogP contribution in [0.1, 0.15) is 49.6 Å². The van der Waals surface area contributed by atoms with E-state index in [1.165, 1.54) is 19.3 Å². The van der Waals surface area contributed by atoms with Crippen LogP contribution in [-0.2, 0) is 0 Å². The number of ether oxygens (including phenoxy) is 1. The van der Waals surface area contributed by atoms with E-state index in [1.54, 1.807) is 6.21 Å². The molecule has 2 aromatic rings. The summed E-state index contributed by atoms with van der Waals surface area (Å²) in [6.45, 7) is 6.86. The van der Waals surface area contributed by atoms with Crippen molar-refractivity contribution in [2.75, 3.05) is 12.0 Å². The monoisotopic (exact) mass is 326 g/mol. The van der Waals surface area contributed by atoms with E-state index in [9.17, 15) is 0 Å². The van der Waals surface area contributed by atoms with Gasteiger partial charge >= 0.3 is 0 Å². The van der Waals surface area contributed by atoms with E-state index in [0.29, 0.717) is 5.95 Å². The Labute approximate surface area is 144 Å². The van der Waals surface area contributed by atoms with Crippen LogP contribution in [0.4, 0.5) is 5.95 Å². The van der Waals surface area contributed by atoms with Crippen LogP contribution in [0, 0.1) is 13.8 Å². The number of rotatable bonds is 9. The second kappa shape index (κ2) is 9.65. The van der Waals surface area contributed by atoms with Gasteiger partial charge in [-0.05, 0) is 56.2 Å². The molecule has 0 spiro atoms. The number of hydrogen-bond acceptors (Lipinski definition) is 5. The first-order valence-corrected chi connectivity index (χ1v) is 8.51. The lowest BCUT2D eigenvalue weighted by Crippen LogP contribution is -2.00. The molecule has 2 rings (SSSR count). The molecule has 1 N–H and O–H groups in total. The van der Waals surface area contributed by atoms with Crippen molar-refractivity contribution in [1.82, 2.24) is 9.97 Å². The molecule has 0 radical (unpaired) electrons. The zero-order chi connectivity index (χ0) is 17.2. The van der Waals surface area contributed by atoms with E-state index < -0.39 is 0 Å². The molecule has 0 unspecified atom stereocenters. The van der Waals surface area contributed by atoms with Crippen LogP contribution in [0.25, 0.3) is 0 Å². The summed E-state index contributed by atoms with van der Waals surface area (Å²) >= 11 is 0. The van der Waals surface area contributed by atoms with E-state index in [1.807, 2.05) is 44.2 Å². The third-order valence-corrected chi connectivity index (χ3v) is 3.51. The van der Waals surface area contributed by atoms with Gasteiger partial charge in [0.1, 0.15) is 5.75 Å². The van der Waals surface area contributed by atoms with Crippen LogP contribution < -0.4 is 10.2 Å². The average Bonchev–Trinajstić information content (AvgIpc) is 2.55. The fraction of sp³-hybridized carbons (Fsp3) is 0.421. The van der Waals surface area contributed by atoms with Gasteiger partial charge in [-0.2, -0.15) is 5.10 Å². The number of anilines is 1. The quantitative estimate of drug-likeness (QED) is 0.419. The molecule has 1 aromatic heterocycles. The molecular formula is C19H26N4O. The first-order valence-electron chi connectivity index (χ1n) is 8.51. The van der Waals surface area contributed by atoms with Gasteiger partial charge < -0.3 is 4.74 Å². The molecule has 0 saturated heterocycles. The minimum atomic E-state index is 0.510. The van der Waals surface area contributed by atoms with Crippen molar-refractivity contribution in [3.8, 4) is 5.75 Å². The molecule has 0 saturated carbocycles. The third kappa shape index (κ3) is 6.36. The van der Waals surface area contributed by atoms with Crippen molar-refractivity contribution >= 4 is 12.2 Å². The summed E-state index contributed by atoms with van der Waals surface area (Å²) in [6.07, 6.45) is 6.60. The third-order valence-electron chi connectivity index (χ3n) is 3.51. The van der Waals surface area contributed by atoms with Gasteiger partial charge in [0.25, 0.3) is 0 Å². The maximum atomic E-state index is 5.73. The number of nitrogens with zero attached hydrogens (tertiary/aromatic N) is 3. The Bertz CT molecular complexity index is 633. The molecule has 0 amide bonds. The van der Waals surface area contributed by atoms with Gasteiger partial charge in [-0.1, -0.05) is 26.2 Å². The van der Waals surface area contributed by atoms with Crippen LogP contribution in [0.15, 0.2) is 35.4 Å². The fourth-order valence-electron chi connectivity index (χ4n) is 2.31. The van der Waals surface area contributed by atoms with Crippen molar-refractivity contribution < 1.29 is 4.74 Å². The van der Waals surface area contributed by atoms with Crippen LogP contribution in [0.2, 0.25) is 0 Å². The highest BCUT2D eigenvalue weighted by molar-refractivity contribution is 5.80. The molecule has 0 aliphatic heterocycles. The summed E-state index contributed by atoms with van der Waals surface area (Å²) in [5.41, 5.74) is 5.68. The summed E-state index contributed by atoms with van der Waals surface area (Å²) in [7, 11) is 0. The number of aromatic nitrogens is 2. The highest BCUT2D eigenvalue weighted by Gasteiger charge is 1.97. The average molecular weight is 326 g/mol. The summed E-state index contributed by atoms with van der Waals surface area (Å²) in [5, 5.41) is 4.18. The van der Waals surface area contributed by atoms with E-state index in [4.69, 9.17) is 4.74 Å². The predicted octanol–water partition coefficient (Wildman–Crippen LogP) is 4.50. The molecule has 0 atom stereocenters. The maximum absolute atomic E-state index is 5.73. The second-order valence-corrected chi connectivity index (χ2v) is 5.82. The molecule has 128 valence electrons. The Morgan fingerprint density at radius 1 is 1.04 bits per heavy atom. The smallest absolute Gasteiger partial charge is 0.243 e. The number of nitrogens with one attached hydrogen (secondary N) is 1. The Hall–Kier alpha value is -2.43. The minimum absolute atomic E-state index is 0.510. The van der Waals surface area contributed by atoms with Gasteiger partial charge in [-0.3, -0.25) is 0 Å². The predicted molar refractivity (Wildman–Crippen MR) is 98.8 cm³/mol. The van der Waals surface area contributed by atoms with Crippen molar-refractivity contribution in [1.29, 1.82) is 0 Å². The molecule has 0 aliphatic carbocycles. The maximum Gasteiger partial charge on any atom is 0.243 e. The molecule has 1 heterocycles. The highest BCUT2D eigenvalue weighted by atomic mass is 16.5. The normalized spacial score (nSPS) is 11.0. The van der Waals surface area contributed by atoms with E-state index >= 15 is 0 Å². The number of hydrazone groups is 1. The Morgan fingerprint density at radius 2 is 1.75 bits per heavy atom. The Balaban J connectivity index is 1.80. The zero-order valence-electron chi connectivity index (χ0n) is 14.7. The first-order chi connectivity index (χ1) is 11.7. The molecule has 0 bridgehead atoms. The first kappa shape index (κ1) is 17.9. The molecule has 0 aliphatic rings. The summed E-state index contributed by atoms with van der Waals surface area (Å²) in [5.74, 6) is 1.41. The van der Waals surface area contributed by atoms with Crippen molar-refractivity contribution in [3.63, 3.8) is 0 Å². The fourth-order valence-corrected chi connectivity index (χ4v) is 2.31. The lowest BCUT2D eigenvalue weighted by molar-refractivity contribution is 0.305. The largest absolute Gasteiger partial charge is 0.494 e. The minimum Gasteiger partial charge on any atom is -0.494 e. The summed E-state index contributed by atoms with van der Waals surface area (Å²) in [4.78, 5) is 8.56. The van der Waals surface area contributed by atoms with Gasteiger partial charge in [-0.25, -0.2) is 15.4 Å². The van der Waals surface area contributed by atoms with Crippen LogP contribution >= 0.6 is 0 Å². The Morgan fingerprint density at radius 3 is 2.42 bits per heavy atom. The van der Waals surface area contributed by atoms with E-state index in [2.05, 4.69) is 27.4 Å².